The molecule has 0 amide bonds. The molecule has 0 saturated carbocycles. The summed E-state index contributed by atoms with van der Waals surface area (Å²) in [5.74, 6) is 0. The van der Waals surface area contributed by atoms with Crippen LogP contribution in [-0.4, -0.2) is 9.38 Å². The monoisotopic (exact) mass is 230 g/mol. The fraction of sp³-hybridized carbons (Fsp3) is 0.500. The molecule has 0 atom stereocenters. The number of aromatic nitrogens is 2. The average Bonchev–Trinajstić information content (AvgIpc) is 2.61. The minimum Gasteiger partial charge on any atom is -0.357 e. The Hall–Kier alpha value is -1.35. The van der Waals surface area contributed by atoms with E-state index in [9.17, 15) is 0 Å². The Balaban J connectivity index is 2.40. The third-order valence-corrected chi connectivity index (χ3v) is 3.43. The van der Waals surface area contributed by atoms with Gasteiger partial charge in [0.2, 0.25) is 0 Å². The van der Waals surface area contributed by atoms with Crippen LogP contribution in [0.5, 0.6) is 0 Å². The molecule has 0 N–H and O–H groups in total. The van der Waals surface area contributed by atoms with E-state index in [1.54, 1.807) is 0 Å². The van der Waals surface area contributed by atoms with Gasteiger partial charge >= 0.3 is 0 Å². The van der Waals surface area contributed by atoms with E-state index < -0.39 is 0 Å². The molecule has 0 fully saturated rings. The lowest BCUT2D eigenvalue weighted by Gasteiger charge is -2.25. The van der Waals surface area contributed by atoms with E-state index in [0.717, 1.165) is 11.3 Å². The number of hydrogen-bond donors (Lipinski definition) is 0. The minimum absolute atomic E-state index is 0.284. The van der Waals surface area contributed by atoms with Crippen LogP contribution in [0.2, 0.25) is 0 Å². The van der Waals surface area contributed by atoms with Gasteiger partial charge in [-0.25, -0.2) is 4.98 Å². The summed E-state index contributed by atoms with van der Waals surface area (Å²) >= 11 is 0. The summed E-state index contributed by atoms with van der Waals surface area (Å²) in [5.41, 5.74) is 3.90. The van der Waals surface area contributed by atoms with Gasteiger partial charge in [-0.2, -0.15) is 0 Å². The van der Waals surface area contributed by atoms with Gasteiger partial charge in [-0.1, -0.05) is 0 Å². The summed E-state index contributed by atoms with van der Waals surface area (Å²) in [6.07, 6.45) is 2.09. The Morgan fingerprint density at radius 3 is 2.59 bits per heavy atom. The maximum Gasteiger partial charge on any atom is 0.137 e. The first-order valence-corrected chi connectivity index (χ1v) is 6.01. The molecule has 1 aliphatic rings. The Bertz CT molecular complexity index is 608. The highest BCUT2D eigenvalue weighted by molar-refractivity contribution is 5.49. The Kier molecular flexibility index (Phi) is 1.84. The van der Waals surface area contributed by atoms with Crippen LogP contribution in [0.4, 0.5) is 0 Å². The predicted molar refractivity (Wildman–Crippen MR) is 67.1 cm³/mol. The summed E-state index contributed by atoms with van der Waals surface area (Å²) in [6.45, 7) is 10.5. The first kappa shape index (κ1) is 10.8. The smallest absolute Gasteiger partial charge is 0.137 e. The molecular weight excluding hydrogens is 212 g/mol. The van der Waals surface area contributed by atoms with Crippen molar-refractivity contribution in [3.8, 4) is 0 Å². The third-order valence-electron chi connectivity index (χ3n) is 3.43. The van der Waals surface area contributed by atoms with Crippen LogP contribution < -0.4 is 0 Å². The van der Waals surface area contributed by atoms with Crippen LogP contribution >= 0.6 is 0 Å². The highest BCUT2D eigenvalue weighted by Gasteiger charge is 2.46. The number of imidazole rings is 1. The van der Waals surface area contributed by atoms with E-state index >= 15 is 0 Å². The second-order valence-electron chi connectivity index (χ2n) is 5.86. The number of hydrogen-bond acceptors (Lipinski definition) is 2. The van der Waals surface area contributed by atoms with E-state index in [2.05, 4.69) is 57.3 Å². The van der Waals surface area contributed by atoms with Gasteiger partial charge in [-0.05, 0) is 52.3 Å². The molecule has 17 heavy (non-hydrogen) atoms. The van der Waals surface area contributed by atoms with Crippen molar-refractivity contribution in [1.82, 2.24) is 9.38 Å². The molecule has 0 spiro atoms. The summed E-state index contributed by atoms with van der Waals surface area (Å²) in [4.78, 5) is 4.74. The number of fused-ring (bicyclic) bond motifs is 3. The van der Waals surface area contributed by atoms with Crippen LogP contribution in [0.25, 0.3) is 5.65 Å². The molecule has 2 aromatic heterocycles. The van der Waals surface area contributed by atoms with Gasteiger partial charge in [0.15, 0.2) is 0 Å². The number of rotatable bonds is 0. The largest absolute Gasteiger partial charge is 0.357 e. The molecule has 3 rings (SSSR count). The molecule has 3 heteroatoms. The van der Waals surface area contributed by atoms with Crippen molar-refractivity contribution in [2.75, 3.05) is 0 Å². The average molecular weight is 230 g/mol. The highest BCUT2D eigenvalue weighted by Crippen LogP contribution is 2.46. The van der Waals surface area contributed by atoms with Gasteiger partial charge in [-0.15, -0.1) is 0 Å². The van der Waals surface area contributed by atoms with E-state index in [-0.39, 0.29) is 11.2 Å². The van der Waals surface area contributed by atoms with Crippen molar-refractivity contribution in [2.45, 2.75) is 45.8 Å². The molecule has 2 aromatic rings. The van der Waals surface area contributed by atoms with Crippen molar-refractivity contribution >= 4 is 5.65 Å². The Labute approximate surface area is 101 Å². The van der Waals surface area contributed by atoms with Crippen molar-refractivity contribution < 1.29 is 4.74 Å². The summed E-state index contributed by atoms with van der Waals surface area (Å²) in [6, 6.07) is 4.22. The molecule has 0 aliphatic carbocycles. The molecule has 0 aromatic carbocycles. The fourth-order valence-corrected chi connectivity index (χ4v) is 2.88. The zero-order valence-electron chi connectivity index (χ0n) is 11.0. The van der Waals surface area contributed by atoms with Crippen molar-refractivity contribution in [3.63, 3.8) is 0 Å². The van der Waals surface area contributed by atoms with Gasteiger partial charge in [-0.3, -0.25) is 0 Å². The lowest BCUT2D eigenvalue weighted by molar-refractivity contribution is -0.108. The zero-order chi connectivity index (χ0) is 12.4. The SMILES string of the molecule is Cc1ccn2c3c(nc2c1)C(C)(C)OC3(C)C. The predicted octanol–water partition coefficient (Wildman–Crippen LogP) is 3.14. The molecule has 0 radical (unpaired) electrons. The Morgan fingerprint density at radius 2 is 1.88 bits per heavy atom. The fourth-order valence-electron chi connectivity index (χ4n) is 2.88. The van der Waals surface area contributed by atoms with Crippen LogP contribution in [0.15, 0.2) is 18.3 Å². The lowest BCUT2D eigenvalue weighted by atomic mass is 10.0. The maximum absolute atomic E-state index is 6.10. The van der Waals surface area contributed by atoms with Gasteiger partial charge in [0, 0.05) is 6.20 Å². The molecular formula is C14H18N2O. The lowest BCUT2D eigenvalue weighted by Crippen LogP contribution is -2.24. The maximum atomic E-state index is 6.10. The van der Waals surface area contributed by atoms with E-state index in [4.69, 9.17) is 9.72 Å². The van der Waals surface area contributed by atoms with Gasteiger partial charge < -0.3 is 9.14 Å². The third kappa shape index (κ3) is 1.35. The highest BCUT2D eigenvalue weighted by atomic mass is 16.5. The van der Waals surface area contributed by atoms with Crippen molar-refractivity contribution in [3.05, 3.63) is 35.3 Å². The molecule has 3 nitrogen and oxygen atoms in total. The van der Waals surface area contributed by atoms with Crippen LogP contribution in [0.3, 0.4) is 0 Å². The normalized spacial score (nSPS) is 20.8. The molecule has 0 bridgehead atoms. The van der Waals surface area contributed by atoms with Crippen LogP contribution in [-0.2, 0) is 15.9 Å². The second-order valence-corrected chi connectivity index (χ2v) is 5.86. The van der Waals surface area contributed by atoms with Crippen molar-refractivity contribution in [2.24, 2.45) is 0 Å². The summed E-state index contributed by atoms with van der Waals surface area (Å²) in [7, 11) is 0. The van der Waals surface area contributed by atoms with Gasteiger partial charge in [0.25, 0.3) is 0 Å². The Morgan fingerprint density at radius 1 is 1.18 bits per heavy atom. The quantitative estimate of drug-likeness (QED) is 0.695. The van der Waals surface area contributed by atoms with E-state index in [0.29, 0.717) is 0 Å². The van der Waals surface area contributed by atoms with Crippen LogP contribution in [0.1, 0.15) is 44.6 Å². The van der Waals surface area contributed by atoms with Crippen LogP contribution in [0, 0.1) is 6.92 Å². The summed E-state index contributed by atoms with van der Waals surface area (Å²) in [5, 5.41) is 0. The first-order valence-electron chi connectivity index (χ1n) is 6.01. The zero-order valence-corrected chi connectivity index (χ0v) is 11.0. The van der Waals surface area contributed by atoms with E-state index in [1.807, 2.05) is 0 Å². The standard InChI is InChI=1S/C14H18N2O/c1-9-6-7-16-10(8-9)15-11-12(16)14(4,5)17-13(11,2)3/h6-8H,1-5H3. The number of ether oxygens (including phenoxy) is 1. The number of nitrogens with zero attached hydrogens (tertiary/aromatic N) is 2. The molecule has 90 valence electrons. The summed E-state index contributed by atoms with van der Waals surface area (Å²) < 4.78 is 8.25. The molecule has 1 aliphatic heterocycles. The van der Waals surface area contributed by atoms with Gasteiger partial charge in [0.1, 0.15) is 16.8 Å². The second kappa shape index (κ2) is 2.91. The minimum atomic E-state index is -0.307. The molecule has 0 saturated heterocycles. The number of aryl methyl sites for hydroxylation is 1. The van der Waals surface area contributed by atoms with E-state index in [1.165, 1.54) is 11.3 Å². The topological polar surface area (TPSA) is 26.5 Å². The number of pyridine rings is 1. The first-order chi connectivity index (χ1) is 7.81. The molecule has 3 heterocycles. The van der Waals surface area contributed by atoms with Gasteiger partial charge in [0.05, 0.1) is 11.4 Å². The molecule has 0 unspecified atom stereocenters. The van der Waals surface area contributed by atoms with Crippen molar-refractivity contribution in [1.29, 1.82) is 0 Å².